The van der Waals surface area contributed by atoms with Crippen LogP contribution in [0.25, 0.3) is 5.57 Å². The van der Waals surface area contributed by atoms with Crippen molar-refractivity contribution in [1.29, 1.82) is 0 Å². The van der Waals surface area contributed by atoms with Gasteiger partial charge in [-0.25, -0.2) is 0 Å². The zero-order chi connectivity index (χ0) is 11.7. The number of nitrogens with zero attached hydrogens (tertiary/aromatic N) is 2. The molecule has 0 bridgehead atoms. The van der Waals surface area contributed by atoms with Crippen LogP contribution in [0.5, 0.6) is 0 Å². The minimum absolute atomic E-state index is 0.0376. The summed E-state index contributed by atoms with van der Waals surface area (Å²) in [6, 6.07) is 5.11. The van der Waals surface area contributed by atoms with Gasteiger partial charge in [0, 0.05) is 6.20 Å². The lowest BCUT2D eigenvalue weighted by Gasteiger charge is -1.98. The maximum Gasteiger partial charge on any atom is 0.316 e. The van der Waals surface area contributed by atoms with Crippen LogP contribution in [0.1, 0.15) is 5.69 Å². The van der Waals surface area contributed by atoms with Crippen molar-refractivity contribution in [2.45, 2.75) is 0 Å². The maximum atomic E-state index is 10.9. The fraction of sp³-hybridized carbons (Fsp3) is 0. The lowest BCUT2D eigenvalue weighted by Crippen LogP contribution is -2.21. The molecule has 0 unspecified atom stereocenters. The highest BCUT2D eigenvalue weighted by atomic mass is 32.1. The first kappa shape index (κ1) is 10.8. The standard InChI is InChI=1S/C9H5N3O2S2/c13-12(14)7-6(8(15)11-9(7)16)5-3-1-2-4-10-5/h1-4H,(H,11,15,16). The Hall–Kier alpha value is -1.73. The Balaban J connectivity index is 2.64. The quantitative estimate of drug-likeness (QED) is 0.486. The van der Waals surface area contributed by atoms with Gasteiger partial charge in [0.25, 0.3) is 0 Å². The molecule has 80 valence electrons. The summed E-state index contributed by atoms with van der Waals surface area (Å²) >= 11 is 9.84. The van der Waals surface area contributed by atoms with E-state index in [1.807, 2.05) is 0 Å². The van der Waals surface area contributed by atoms with E-state index in [4.69, 9.17) is 24.4 Å². The third-order valence-electron chi connectivity index (χ3n) is 2.01. The van der Waals surface area contributed by atoms with Gasteiger partial charge in [0.2, 0.25) is 0 Å². The van der Waals surface area contributed by atoms with Crippen LogP contribution in [-0.4, -0.2) is 19.9 Å². The van der Waals surface area contributed by atoms with E-state index in [2.05, 4.69) is 10.3 Å². The van der Waals surface area contributed by atoms with Gasteiger partial charge in [0.1, 0.15) is 10.6 Å². The van der Waals surface area contributed by atoms with Crippen molar-refractivity contribution < 1.29 is 4.92 Å². The zero-order valence-corrected chi connectivity index (χ0v) is 9.47. The molecule has 0 aliphatic carbocycles. The van der Waals surface area contributed by atoms with Crippen LogP contribution < -0.4 is 5.32 Å². The third kappa shape index (κ3) is 1.70. The van der Waals surface area contributed by atoms with Crippen LogP contribution in [0.4, 0.5) is 0 Å². The average molecular weight is 251 g/mol. The Morgan fingerprint density at radius 2 is 2.06 bits per heavy atom. The van der Waals surface area contributed by atoms with Gasteiger partial charge in [-0.2, -0.15) is 0 Å². The van der Waals surface area contributed by atoms with Crippen LogP contribution in [0.3, 0.4) is 0 Å². The van der Waals surface area contributed by atoms with E-state index < -0.39 is 4.92 Å². The first-order valence-corrected chi connectivity index (χ1v) is 5.08. The van der Waals surface area contributed by atoms with E-state index in [0.717, 1.165) is 0 Å². The molecule has 5 nitrogen and oxygen atoms in total. The van der Waals surface area contributed by atoms with Crippen LogP contribution in [0.2, 0.25) is 0 Å². The Labute approximate surface area is 101 Å². The fourth-order valence-electron chi connectivity index (χ4n) is 1.37. The molecule has 0 aromatic carbocycles. The van der Waals surface area contributed by atoms with Gasteiger partial charge in [-0.15, -0.1) is 0 Å². The average Bonchev–Trinajstić information content (AvgIpc) is 2.55. The topological polar surface area (TPSA) is 68.1 Å². The number of thiocarbonyl (C=S) groups is 2. The Morgan fingerprint density at radius 3 is 2.62 bits per heavy atom. The van der Waals surface area contributed by atoms with Crippen LogP contribution in [-0.2, 0) is 0 Å². The summed E-state index contributed by atoms with van der Waals surface area (Å²) in [4.78, 5) is 14.6. The van der Waals surface area contributed by atoms with E-state index in [0.29, 0.717) is 5.69 Å². The minimum atomic E-state index is -0.543. The SMILES string of the molecule is O=[N+]([O-])C1=C(c2ccccn2)C(=S)NC1=S. The summed E-state index contributed by atoms with van der Waals surface area (Å²) in [6.45, 7) is 0. The molecule has 1 aliphatic rings. The molecule has 0 saturated heterocycles. The number of nitro groups is 1. The predicted octanol–water partition coefficient (Wildman–Crippen LogP) is 1.33. The fourth-order valence-corrected chi connectivity index (χ4v) is 2.01. The molecular weight excluding hydrogens is 246 g/mol. The van der Waals surface area contributed by atoms with Crippen LogP contribution in [0.15, 0.2) is 30.1 Å². The van der Waals surface area contributed by atoms with Gasteiger partial charge in [-0.1, -0.05) is 30.5 Å². The molecule has 1 aromatic heterocycles. The number of hydrogen-bond acceptors (Lipinski definition) is 5. The Kier molecular flexibility index (Phi) is 2.71. The number of pyridine rings is 1. The van der Waals surface area contributed by atoms with E-state index in [1.54, 1.807) is 24.4 Å². The molecule has 0 radical (unpaired) electrons. The van der Waals surface area contributed by atoms with E-state index in [-0.39, 0.29) is 21.2 Å². The number of rotatable bonds is 2. The summed E-state index contributed by atoms with van der Waals surface area (Å²) in [6.07, 6.45) is 1.55. The predicted molar refractivity (Wildman–Crippen MR) is 66.5 cm³/mol. The molecule has 2 heterocycles. The molecule has 0 atom stereocenters. The second kappa shape index (κ2) is 4.03. The highest BCUT2D eigenvalue weighted by Gasteiger charge is 2.35. The van der Waals surface area contributed by atoms with E-state index in [1.165, 1.54) is 0 Å². The summed E-state index contributed by atoms with van der Waals surface area (Å²) in [5.74, 6) is 0. The van der Waals surface area contributed by atoms with Crippen molar-refractivity contribution in [1.82, 2.24) is 10.3 Å². The molecule has 0 amide bonds. The van der Waals surface area contributed by atoms with Crippen molar-refractivity contribution in [2.24, 2.45) is 0 Å². The maximum absolute atomic E-state index is 10.9. The molecule has 16 heavy (non-hydrogen) atoms. The van der Waals surface area contributed by atoms with E-state index >= 15 is 0 Å². The van der Waals surface area contributed by atoms with Gasteiger partial charge < -0.3 is 5.32 Å². The van der Waals surface area contributed by atoms with Crippen molar-refractivity contribution >= 4 is 40.0 Å². The first-order chi connectivity index (χ1) is 7.61. The van der Waals surface area contributed by atoms with Gasteiger partial charge in [0.15, 0.2) is 4.99 Å². The molecule has 0 spiro atoms. The zero-order valence-electron chi connectivity index (χ0n) is 7.84. The second-order valence-electron chi connectivity index (χ2n) is 2.98. The van der Waals surface area contributed by atoms with Crippen molar-refractivity contribution in [3.63, 3.8) is 0 Å². The normalized spacial score (nSPS) is 15.2. The highest BCUT2D eigenvalue weighted by molar-refractivity contribution is 7.83. The van der Waals surface area contributed by atoms with Crippen molar-refractivity contribution in [3.05, 3.63) is 45.9 Å². The summed E-state index contributed by atoms with van der Waals surface area (Å²) in [5.41, 5.74) is 0.552. The third-order valence-corrected chi connectivity index (χ3v) is 2.61. The van der Waals surface area contributed by atoms with Gasteiger partial charge in [-0.05, 0) is 12.1 Å². The molecule has 1 N–H and O–H groups in total. The number of aromatic nitrogens is 1. The largest absolute Gasteiger partial charge is 0.331 e. The molecule has 7 heteroatoms. The Morgan fingerprint density at radius 1 is 1.31 bits per heavy atom. The lowest BCUT2D eigenvalue weighted by molar-refractivity contribution is -0.413. The number of hydrogen-bond donors (Lipinski definition) is 1. The van der Waals surface area contributed by atoms with E-state index in [9.17, 15) is 10.1 Å². The molecule has 1 aromatic rings. The molecular formula is C9H5N3O2S2. The summed E-state index contributed by atoms with van der Waals surface area (Å²) < 4.78 is 0. The monoisotopic (exact) mass is 251 g/mol. The molecule has 2 rings (SSSR count). The Bertz CT molecular complexity index is 525. The minimum Gasteiger partial charge on any atom is -0.331 e. The van der Waals surface area contributed by atoms with Crippen molar-refractivity contribution in [3.8, 4) is 0 Å². The van der Waals surface area contributed by atoms with Crippen LogP contribution >= 0.6 is 24.4 Å². The summed E-state index contributed by atoms with van der Waals surface area (Å²) in [5, 5.41) is 13.5. The smallest absolute Gasteiger partial charge is 0.316 e. The van der Waals surface area contributed by atoms with Gasteiger partial charge in [0.05, 0.1) is 10.6 Å². The molecule has 0 fully saturated rings. The second-order valence-corrected chi connectivity index (χ2v) is 3.80. The van der Waals surface area contributed by atoms with Crippen molar-refractivity contribution in [2.75, 3.05) is 0 Å². The van der Waals surface area contributed by atoms with Gasteiger partial charge >= 0.3 is 5.70 Å². The first-order valence-electron chi connectivity index (χ1n) is 4.27. The lowest BCUT2D eigenvalue weighted by atomic mass is 10.1. The van der Waals surface area contributed by atoms with Crippen LogP contribution in [0, 0.1) is 10.1 Å². The molecule has 1 aliphatic heterocycles. The number of nitrogens with one attached hydrogen (secondary N) is 1. The molecule has 0 saturated carbocycles. The van der Waals surface area contributed by atoms with Gasteiger partial charge in [-0.3, -0.25) is 15.1 Å². The highest BCUT2D eigenvalue weighted by Crippen LogP contribution is 2.24. The summed E-state index contributed by atoms with van der Waals surface area (Å²) in [7, 11) is 0.